The van der Waals surface area contributed by atoms with Crippen molar-refractivity contribution in [3.05, 3.63) is 59.7 Å². The van der Waals surface area contributed by atoms with Gasteiger partial charge in [-0.05, 0) is 29.2 Å². The molecule has 0 aromatic heterocycles. The summed E-state index contributed by atoms with van der Waals surface area (Å²) in [6.07, 6.45) is 3.12. The predicted molar refractivity (Wildman–Crippen MR) is 94.3 cm³/mol. The molecule has 0 spiro atoms. The van der Waals surface area contributed by atoms with Crippen molar-refractivity contribution >= 4 is 5.90 Å². The fourth-order valence-corrected chi connectivity index (χ4v) is 2.38. The topological polar surface area (TPSA) is 45.4 Å². The monoisotopic (exact) mass is 306 g/mol. The first kappa shape index (κ1) is 16.8. The van der Waals surface area contributed by atoms with Crippen LogP contribution in [-0.2, 0) is 11.3 Å². The van der Waals surface area contributed by atoms with E-state index in [1.807, 2.05) is 36.4 Å². The number of ether oxygens (including phenoxy) is 1. The molecule has 0 atom stereocenters. The number of methoxy groups -OCH3 is 1. The summed E-state index contributed by atoms with van der Waals surface area (Å²) in [6.45, 7) is 2.78. The third-order valence-corrected chi connectivity index (χ3v) is 3.73. The van der Waals surface area contributed by atoms with Gasteiger partial charge < -0.3 is 4.74 Å². The first-order valence-electron chi connectivity index (χ1n) is 7.94. The van der Waals surface area contributed by atoms with Gasteiger partial charge in [-0.15, -0.1) is 0 Å². The van der Waals surface area contributed by atoms with Crippen molar-refractivity contribution in [1.82, 2.24) is 0 Å². The largest absolute Gasteiger partial charge is 0.484 e. The Hall–Kier alpha value is -2.60. The molecule has 0 bridgehead atoms. The van der Waals surface area contributed by atoms with E-state index in [9.17, 15) is 5.26 Å². The molecule has 3 heteroatoms. The molecule has 0 aliphatic carbocycles. The molecule has 118 valence electrons. The first-order valence-corrected chi connectivity index (χ1v) is 7.94. The number of rotatable bonds is 6. The summed E-state index contributed by atoms with van der Waals surface area (Å²) >= 11 is 0. The Morgan fingerprint density at radius 2 is 1.87 bits per heavy atom. The van der Waals surface area contributed by atoms with Gasteiger partial charge >= 0.3 is 0 Å². The van der Waals surface area contributed by atoms with E-state index in [2.05, 4.69) is 30.1 Å². The molecule has 2 aromatic rings. The maximum absolute atomic E-state index is 9.20. The highest BCUT2D eigenvalue weighted by atomic mass is 16.5. The number of nitriles is 1. The van der Waals surface area contributed by atoms with E-state index in [1.165, 1.54) is 0 Å². The van der Waals surface area contributed by atoms with Crippen LogP contribution in [0, 0.1) is 11.3 Å². The smallest absolute Gasteiger partial charge is 0.183 e. The number of unbranched alkanes of at least 4 members (excludes halogenated alkanes) is 1. The minimum Gasteiger partial charge on any atom is -0.484 e. The number of hydrogen-bond donors (Lipinski definition) is 0. The molecule has 23 heavy (non-hydrogen) atoms. The fourth-order valence-electron chi connectivity index (χ4n) is 2.38. The van der Waals surface area contributed by atoms with Gasteiger partial charge in [-0.2, -0.15) is 5.26 Å². The molecular weight excluding hydrogens is 284 g/mol. The van der Waals surface area contributed by atoms with Gasteiger partial charge in [0, 0.05) is 6.42 Å². The lowest BCUT2D eigenvalue weighted by molar-refractivity contribution is 0.385. The molecule has 0 saturated carbocycles. The lowest BCUT2D eigenvalue weighted by Gasteiger charge is -2.06. The summed E-state index contributed by atoms with van der Waals surface area (Å²) in [5.41, 5.74) is 3.84. The molecule has 0 aliphatic heterocycles. The predicted octanol–water partition coefficient (Wildman–Crippen LogP) is 4.96. The summed E-state index contributed by atoms with van der Waals surface area (Å²) < 4.78 is 5.31. The quantitative estimate of drug-likeness (QED) is 0.559. The van der Waals surface area contributed by atoms with Crippen molar-refractivity contribution in [1.29, 1.82) is 5.26 Å². The van der Waals surface area contributed by atoms with Crippen LogP contribution in [-0.4, -0.2) is 13.0 Å². The third-order valence-electron chi connectivity index (χ3n) is 3.73. The maximum atomic E-state index is 9.20. The highest BCUT2D eigenvalue weighted by molar-refractivity contribution is 5.76. The molecule has 0 heterocycles. The van der Waals surface area contributed by atoms with Gasteiger partial charge in [0.15, 0.2) is 5.90 Å². The zero-order chi connectivity index (χ0) is 16.5. The zero-order valence-electron chi connectivity index (χ0n) is 13.7. The SMILES string of the molecule is CCCC/C(=N/Cc1ccc(-c2ccccc2C#N)cc1)OC. The second-order valence-electron chi connectivity index (χ2n) is 5.37. The average Bonchev–Trinajstić information content (AvgIpc) is 2.62. The standard InChI is InChI=1S/C20H22N2O/c1-3-4-9-20(23-2)22-15-16-10-12-17(13-11-16)19-8-6-5-7-18(19)14-21/h5-8,10-13H,3-4,9,15H2,1-2H3/b22-20-. The van der Waals surface area contributed by atoms with Gasteiger partial charge in [0.1, 0.15) is 0 Å². The molecular formula is C20H22N2O. The van der Waals surface area contributed by atoms with Crippen LogP contribution in [0.3, 0.4) is 0 Å². The van der Waals surface area contributed by atoms with E-state index in [1.54, 1.807) is 7.11 Å². The summed E-state index contributed by atoms with van der Waals surface area (Å²) in [4.78, 5) is 4.53. The van der Waals surface area contributed by atoms with E-state index in [0.29, 0.717) is 12.1 Å². The van der Waals surface area contributed by atoms with E-state index in [4.69, 9.17) is 4.74 Å². The molecule has 0 radical (unpaired) electrons. The Kier molecular flexibility index (Phi) is 6.38. The lowest BCUT2D eigenvalue weighted by Crippen LogP contribution is -2.01. The van der Waals surface area contributed by atoms with Crippen LogP contribution in [0.15, 0.2) is 53.5 Å². The molecule has 2 aromatic carbocycles. The second-order valence-corrected chi connectivity index (χ2v) is 5.37. The normalized spacial score (nSPS) is 11.1. The highest BCUT2D eigenvalue weighted by Gasteiger charge is 2.04. The minimum atomic E-state index is 0.618. The van der Waals surface area contributed by atoms with Crippen molar-refractivity contribution in [3.8, 4) is 17.2 Å². The first-order chi connectivity index (χ1) is 11.3. The Balaban J connectivity index is 2.11. The molecule has 0 unspecified atom stereocenters. The molecule has 0 fully saturated rings. The highest BCUT2D eigenvalue weighted by Crippen LogP contribution is 2.23. The average molecular weight is 306 g/mol. The van der Waals surface area contributed by atoms with Crippen LogP contribution >= 0.6 is 0 Å². The summed E-state index contributed by atoms with van der Waals surface area (Å²) in [7, 11) is 1.68. The molecule has 0 N–H and O–H groups in total. The van der Waals surface area contributed by atoms with Gasteiger partial charge in [0.2, 0.25) is 0 Å². The fraction of sp³-hybridized carbons (Fsp3) is 0.300. The van der Waals surface area contributed by atoms with E-state index >= 15 is 0 Å². The van der Waals surface area contributed by atoms with E-state index < -0.39 is 0 Å². The van der Waals surface area contributed by atoms with Crippen LogP contribution in [0.4, 0.5) is 0 Å². The van der Waals surface area contributed by atoms with Gasteiger partial charge in [0.05, 0.1) is 25.3 Å². The summed E-state index contributed by atoms with van der Waals surface area (Å²) in [6, 6.07) is 18.1. The maximum Gasteiger partial charge on any atom is 0.183 e. The van der Waals surface area contributed by atoms with Crippen molar-refractivity contribution < 1.29 is 4.74 Å². The van der Waals surface area contributed by atoms with E-state index in [0.717, 1.165) is 41.9 Å². The zero-order valence-corrected chi connectivity index (χ0v) is 13.7. The van der Waals surface area contributed by atoms with Crippen LogP contribution in [0.5, 0.6) is 0 Å². The third kappa shape index (κ3) is 4.69. The molecule has 0 amide bonds. The van der Waals surface area contributed by atoms with Crippen molar-refractivity contribution in [2.75, 3.05) is 7.11 Å². The minimum absolute atomic E-state index is 0.618. The van der Waals surface area contributed by atoms with E-state index in [-0.39, 0.29) is 0 Å². The number of nitrogens with zero attached hydrogens (tertiary/aromatic N) is 2. The van der Waals surface area contributed by atoms with Crippen LogP contribution < -0.4 is 0 Å². The Morgan fingerprint density at radius 1 is 1.13 bits per heavy atom. The molecule has 0 saturated heterocycles. The van der Waals surface area contributed by atoms with Crippen LogP contribution in [0.25, 0.3) is 11.1 Å². The number of hydrogen-bond acceptors (Lipinski definition) is 3. The number of benzene rings is 2. The van der Waals surface area contributed by atoms with Crippen molar-refractivity contribution in [2.45, 2.75) is 32.7 Å². The Labute approximate surface area is 138 Å². The second kappa shape index (κ2) is 8.75. The van der Waals surface area contributed by atoms with Gasteiger partial charge in [-0.3, -0.25) is 4.99 Å². The van der Waals surface area contributed by atoms with Crippen LogP contribution in [0.1, 0.15) is 37.3 Å². The van der Waals surface area contributed by atoms with Gasteiger partial charge in [0.25, 0.3) is 0 Å². The van der Waals surface area contributed by atoms with Crippen LogP contribution in [0.2, 0.25) is 0 Å². The van der Waals surface area contributed by atoms with Crippen molar-refractivity contribution in [2.24, 2.45) is 4.99 Å². The van der Waals surface area contributed by atoms with Gasteiger partial charge in [-0.1, -0.05) is 55.8 Å². The summed E-state index contributed by atoms with van der Waals surface area (Å²) in [5.74, 6) is 0.811. The molecule has 2 rings (SSSR count). The summed E-state index contributed by atoms with van der Waals surface area (Å²) in [5, 5.41) is 9.20. The molecule has 3 nitrogen and oxygen atoms in total. The Morgan fingerprint density at radius 3 is 2.52 bits per heavy atom. The molecule has 0 aliphatic rings. The van der Waals surface area contributed by atoms with Gasteiger partial charge in [-0.25, -0.2) is 0 Å². The number of aliphatic imine (C=N–C) groups is 1. The van der Waals surface area contributed by atoms with Crippen molar-refractivity contribution in [3.63, 3.8) is 0 Å². The lowest BCUT2D eigenvalue weighted by atomic mass is 9.99. The Bertz CT molecular complexity index is 696.